The third kappa shape index (κ3) is 8.42. The predicted octanol–water partition coefficient (Wildman–Crippen LogP) is 4.82. The summed E-state index contributed by atoms with van der Waals surface area (Å²) in [6, 6.07) is 30.6. The molecule has 5 aromatic rings. The average molecular weight is 627 g/mol. The van der Waals surface area contributed by atoms with Crippen LogP contribution in [0.3, 0.4) is 0 Å². The van der Waals surface area contributed by atoms with E-state index in [4.69, 9.17) is 29.3 Å². The molecule has 10 heteroatoms. The Morgan fingerprint density at radius 3 is 2.30 bits per heavy atom. The number of aromatic nitrogens is 1. The van der Waals surface area contributed by atoms with Gasteiger partial charge in [0.2, 0.25) is 0 Å². The van der Waals surface area contributed by atoms with Gasteiger partial charge in [-0.1, -0.05) is 54.6 Å². The molecule has 0 spiro atoms. The van der Waals surface area contributed by atoms with Gasteiger partial charge in [-0.2, -0.15) is 0 Å². The molecule has 2 heterocycles. The number of aliphatic carboxylic acids is 2. The van der Waals surface area contributed by atoms with E-state index < -0.39 is 23.6 Å². The molecular formula is C36H38N2O8. The predicted molar refractivity (Wildman–Crippen MR) is 174 cm³/mol. The summed E-state index contributed by atoms with van der Waals surface area (Å²) in [6.45, 7) is 2.81. The second kappa shape index (κ2) is 14.9. The van der Waals surface area contributed by atoms with Crippen molar-refractivity contribution in [2.45, 2.75) is 31.0 Å². The van der Waals surface area contributed by atoms with Gasteiger partial charge in [0, 0.05) is 43.2 Å². The molecule has 0 radical (unpaired) electrons. The van der Waals surface area contributed by atoms with Crippen molar-refractivity contribution in [1.29, 1.82) is 0 Å². The zero-order valence-corrected chi connectivity index (χ0v) is 25.3. The Morgan fingerprint density at radius 1 is 0.848 bits per heavy atom. The number of piperidine rings is 1. The minimum atomic E-state index is -1.82. The number of ether oxygens (including phenoxy) is 2. The molecule has 0 aliphatic carbocycles. The van der Waals surface area contributed by atoms with Gasteiger partial charge in [0.05, 0.1) is 12.2 Å². The lowest BCUT2D eigenvalue weighted by molar-refractivity contribution is -0.159. The second-order valence-corrected chi connectivity index (χ2v) is 11.4. The molecule has 1 aliphatic heterocycles. The van der Waals surface area contributed by atoms with E-state index in [1.807, 2.05) is 60.8 Å². The van der Waals surface area contributed by atoms with Gasteiger partial charge in [0.25, 0.3) is 0 Å². The summed E-state index contributed by atoms with van der Waals surface area (Å²) >= 11 is 0. The highest BCUT2D eigenvalue weighted by atomic mass is 16.5. The number of hydrogen-bond donors (Lipinski definition) is 5. The molecule has 6 rings (SSSR count). The molecule has 0 unspecified atom stereocenters. The first-order valence-corrected chi connectivity index (χ1v) is 15.2. The number of aliphatic hydroxyl groups excluding tert-OH is 1. The van der Waals surface area contributed by atoms with Crippen molar-refractivity contribution >= 4 is 33.6 Å². The van der Waals surface area contributed by atoms with E-state index in [0.717, 1.165) is 45.2 Å². The van der Waals surface area contributed by atoms with E-state index in [1.54, 1.807) is 0 Å². The van der Waals surface area contributed by atoms with E-state index in [2.05, 4.69) is 46.3 Å². The number of nitrogens with zero attached hydrogens (tertiary/aromatic N) is 1. The number of carboxylic acids is 2. The summed E-state index contributed by atoms with van der Waals surface area (Å²) in [5.74, 6) is -2.02. The minimum absolute atomic E-state index is 0.230. The zero-order valence-electron chi connectivity index (χ0n) is 25.3. The third-order valence-corrected chi connectivity index (χ3v) is 8.17. The van der Waals surface area contributed by atoms with Crippen molar-refractivity contribution < 1.29 is 39.5 Å². The largest absolute Gasteiger partial charge is 0.493 e. The highest BCUT2D eigenvalue weighted by Crippen LogP contribution is 2.35. The molecule has 1 aliphatic rings. The van der Waals surface area contributed by atoms with Gasteiger partial charge in [0.15, 0.2) is 0 Å². The van der Waals surface area contributed by atoms with Crippen molar-refractivity contribution in [3.8, 4) is 11.5 Å². The molecule has 1 atom stereocenters. The Balaban J connectivity index is 0.000000635. The van der Waals surface area contributed by atoms with Crippen molar-refractivity contribution in [2.24, 2.45) is 0 Å². The van der Waals surface area contributed by atoms with Crippen LogP contribution in [0.4, 0.5) is 0 Å². The van der Waals surface area contributed by atoms with Crippen molar-refractivity contribution in [3.63, 3.8) is 0 Å². The number of carbonyl (C=O) groups is 2. The molecule has 46 heavy (non-hydrogen) atoms. The van der Waals surface area contributed by atoms with Crippen LogP contribution < -0.4 is 9.47 Å². The number of benzene rings is 4. The van der Waals surface area contributed by atoms with Crippen molar-refractivity contribution in [2.75, 3.05) is 32.8 Å². The van der Waals surface area contributed by atoms with Gasteiger partial charge in [-0.15, -0.1) is 0 Å². The van der Waals surface area contributed by atoms with Gasteiger partial charge in [-0.3, -0.25) is 0 Å². The van der Waals surface area contributed by atoms with Crippen molar-refractivity contribution in [3.05, 3.63) is 108 Å². The fraction of sp³-hybridized carbons (Fsp3) is 0.278. The summed E-state index contributed by atoms with van der Waals surface area (Å²) in [4.78, 5) is 23.6. The van der Waals surface area contributed by atoms with Gasteiger partial charge >= 0.3 is 11.9 Å². The maximum Gasteiger partial charge on any atom is 0.414 e. The Morgan fingerprint density at radius 2 is 1.57 bits per heavy atom. The maximum absolute atomic E-state index is 11.5. The minimum Gasteiger partial charge on any atom is -0.493 e. The van der Waals surface area contributed by atoms with Crippen LogP contribution in [0, 0.1) is 0 Å². The number of aromatic amines is 1. The van der Waals surface area contributed by atoms with Crippen LogP contribution in [-0.4, -0.2) is 81.2 Å². The first-order valence-electron chi connectivity index (χ1n) is 15.2. The maximum atomic E-state index is 11.5. The number of aliphatic hydroxyl groups is 2. The Labute approximate surface area is 266 Å². The van der Waals surface area contributed by atoms with Crippen LogP contribution >= 0.6 is 0 Å². The molecule has 1 fully saturated rings. The van der Waals surface area contributed by atoms with Crippen molar-refractivity contribution in [1.82, 2.24) is 9.88 Å². The normalized spacial score (nSPS) is 15.1. The van der Waals surface area contributed by atoms with Crippen LogP contribution in [0.5, 0.6) is 11.5 Å². The number of likely N-dealkylation sites (tertiary alicyclic amines) is 1. The fourth-order valence-corrected chi connectivity index (χ4v) is 5.65. The van der Waals surface area contributed by atoms with Gasteiger partial charge < -0.3 is 39.8 Å². The number of H-pyrrole nitrogens is 1. The van der Waals surface area contributed by atoms with E-state index in [0.29, 0.717) is 39.1 Å². The van der Waals surface area contributed by atoms with Gasteiger partial charge in [-0.05, 0) is 71.1 Å². The molecule has 1 saturated heterocycles. The number of β-amino-alcohol motifs (C(OH)–C–C–N with tert-alkyl or cyclic N) is 1. The van der Waals surface area contributed by atoms with E-state index >= 15 is 0 Å². The first kappa shape index (κ1) is 32.5. The van der Waals surface area contributed by atoms with Crippen LogP contribution in [0.2, 0.25) is 0 Å². The van der Waals surface area contributed by atoms with E-state index in [9.17, 15) is 10.2 Å². The second-order valence-electron chi connectivity index (χ2n) is 11.4. The highest BCUT2D eigenvalue weighted by Gasteiger charge is 2.34. The third-order valence-electron chi connectivity index (χ3n) is 8.17. The topological polar surface area (TPSA) is 153 Å². The lowest BCUT2D eigenvalue weighted by Crippen LogP contribution is -2.46. The van der Waals surface area contributed by atoms with E-state index in [-0.39, 0.29) is 6.61 Å². The summed E-state index contributed by atoms with van der Waals surface area (Å²) in [7, 11) is 0. The smallest absolute Gasteiger partial charge is 0.414 e. The molecule has 10 nitrogen and oxygen atoms in total. The van der Waals surface area contributed by atoms with Crippen LogP contribution in [-0.2, 0) is 21.6 Å². The lowest BCUT2D eigenvalue weighted by atomic mass is 9.83. The quantitative estimate of drug-likeness (QED) is 0.137. The molecule has 1 aromatic heterocycles. The number of carboxylic acid groups (broad SMARTS) is 2. The van der Waals surface area contributed by atoms with Crippen LogP contribution in [0.15, 0.2) is 97.2 Å². The van der Waals surface area contributed by atoms with Crippen LogP contribution in [0.25, 0.3) is 21.7 Å². The zero-order chi connectivity index (χ0) is 32.5. The summed E-state index contributed by atoms with van der Waals surface area (Å²) in [5.41, 5.74) is 2.35. The number of rotatable bonds is 10. The Kier molecular flexibility index (Phi) is 10.5. The number of nitrogens with one attached hydrogen (secondary N) is 1. The molecule has 0 bridgehead atoms. The fourth-order valence-electron chi connectivity index (χ4n) is 5.65. The highest BCUT2D eigenvalue weighted by molar-refractivity contribution is 6.27. The Hall–Kier alpha value is -4.90. The lowest BCUT2D eigenvalue weighted by Gasteiger charge is -2.39. The SMILES string of the molecule is O=C(O)C(=O)O.O[C@H](COc1cccc2[nH]ccc12)CN1CCC(O)(c2ccc3cc(OCCc4ccccc4)ccc3c2)CC1. The number of fused-ring (bicyclic) bond motifs is 2. The molecular weight excluding hydrogens is 588 g/mol. The monoisotopic (exact) mass is 626 g/mol. The van der Waals surface area contributed by atoms with Gasteiger partial charge in [-0.25, -0.2) is 9.59 Å². The van der Waals surface area contributed by atoms with E-state index in [1.165, 1.54) is 5.56 Å². The number of hydrogen-bond acceptors (Lipinski definition) is 7. The summed E-state index contributed by atoms with van der Waals surface area (Å²) in [5, 5.41) is 40.1. The first-order chi connectivity index (χ1) is 22.2. The standard InChI is InChI=1S/C34H36N2O4.C2H2O4/c37-29(24-40-33-8-4-7-32-31(33)13-17-35-32)23-36-18-15-34(38,16-19-36)28-11-9-27-22-30(12-10-26(27)21-28)39-20-14-25-5-2-1-3-6-25;3-1(4)2(5)6/h1-13,17,21-22,29,35,37-38H,14-16,18-20,23-24H2;(H,3,4)(H,5,6)/t29-;/m0./s1. The molecule has 240 valence electrons. The molecule has 0 saturated carbocycles. The molecule has 0 amide bonds. The summed E-state index contributed by atoms with van der Waals surface area (Å²) in [6.07, 6.45) is 3.39. The Bertz CT molecular complexity index is 1750. The van der Waals surface area contributed by atoms with Gasteiger partial charge in [0.1, 0.15) is 24.2 Å². The summed E-state index contributed by atoms with van der Waals surface area (Å²) < 4.78 is 11.9. The average Bonchev–Trinajstić information content (AvgIpc) is 3.55. The molecule has 4 aromatic carbocycles. The van der Waals surface area contributed by atoms with Crippen LogP contribution in [0.1, 0.15) is 24.0 Å². The molecule has 5 N–H and O–H groups in total.